The number of aryl methyl sites for hydroxylation is 1. The molecule has 0 amide bonds. The van der Waals surface area contributed by atoms with E-state index in [2.05, 4.69) is 15.1 Å². The molecule has 0 bridgehead atoms. The molecule has 108 valence electrons. The molecule has 0 atom stereocenters. The first-order chi connectivity index (χ1) is 10.1. The number of H-pyrrole nitrogens is 1. The van der Waals surface area contributed by atoms with Crippen molar-refractivity contribution >= 4 is 28.6 Å². The molecule has 3 aromatic rings. The number of hydrogen-bond donors (Lipinski definition) is 2. The van der Waals surface area contributed by atoms with Crippen LogP contribution in [0.1, 0.15) is 29.4 Å². The maximum atomic E-state index is 11.4. The van der Waals surface area contributed by atoms with Crippen molar-refractivity contribution in [3.05, 3.63) is 40.7 Å². The fraction of sp³-hybridized carbons (Fsp3) is 0.214. The van der Waals surface area contributed by atoms with Crippen LogP contribution in [0, 0.1) is 0 Å². The number of nitrogens with zero attached hydrogens (tertiary/aromatic N) is 3. The predicted molar refractivity (Wildman–Crippen MR) is 79.2 cm³/mol. The van der Waals surface area contributed by atoms with Crippen LogP contribution in [-0.4, -0.2) is 30.8 Å². The molecule has 0 aliphatic heterocycles. The molecule has 0 saturated carbocycles. The van der Waals surface area contributed by atoms with Crippen molar-refractivity contribution in [1.29, 1.82) is 0 Å². The third-order valence-corrected chi connectivity index (χ3v) is 3.53. The number of aromatic carboxylic acids is 1. The minimum absolute atomic E-state index is 0.0407. The Bertz CT molecular complexity index is 789. The van der Waals surface area contributed by atoms with Gasteiger partial charge in [-0.05, 0) is 18.6 Å². The minimum Gasteiger partial charge on any atom is -0.478 e. The summed E-state index contributed by atoms with van der Waals surface area (Å²) in [6, 6.07) is 7.51. The summed E-state index contributed by atoms with van der Waals surface area (Å²) in [6.07, 6.45) is 1.34. The van der Waals surface area contributed by atoms with Crippen LogP contribution in [0.5, 0.6) is 0 Å². The Morgan fingerprint density at radius 1 is 1.43 bits per heavy atom. The van der Waals surface area contributed by atoms with Crippen molar-refractivity contribution in [1.82, 2.24) is 19.7 Å². The van der Waals surface area contributed by atoms with Gasteiger partial charge in [-0.3, -0.25) is 0 Å². The highest BCUT2D eigenvalue weighted by molar-refractivity contribution is 6.32. The highest BCUT2D eigenvalue weighted by Gasteiger charge is 2.23. The summed E-state index contributed by atoms with van der Waals surface area (Å²) in [5, 5.41) is 13.7. The van der Waals surface area contributed by atoms with E-state index in [-0.39, 0.29) is 10.7 Å². The van der Waals surface area contributed by atoms with Crippen molar-refractivity contribution in [2.45, 2.75) is 19.8 Å². The molecule has 2 N–H and O–H groups in total. The lowest BCUT2D eigenvalue weighted by molar-refractivity contribution is 0.0696. The first kappa shape index (κ1) is 13.6. The van der Waals surface area contributed by atoms with E-state index in [0.29, 0.717) is 18.1 Å². The second kappa shape index (κ2) is 5.21. The molecule has 3 rings (SSSR count). The average Bonchev–Trinajstić information content (AvgIpc) is 3.00. The summed E-state index contributed by atoms with van der Waals surface area (Å²) in [5.41, 5.74) is 2.12. The lowest BCUT2D eigenvalue weighted by Crippen LogP contribution is -2.01. The van der Waals surface area contributed by atoms with Gasteiger partial charge in [0.15, 0.2) is 5.15 Å². The van der Waals surface area contributed by atoms with Gasteiger partial charge in [0.05, 0.1) is 16.7 Å². The molecule has 0 radical (unpaired) electrons. The Balaban J connectivity index is 2.17. The van der Waals surface area contributed by atoms with Crippen molar-refractivity contribution in [2.75, 3.05) is 0 Å². The molecular weight excluding hydrogens is 292 g/mol. The Labute approximate surface area is 125 Å². The van der Waals surface area contributed by atoms with Gasteiger partial charge in [-0.1, -0.05) is 37.1 Å². The standard InChI is InChI=1S/C14H13ClN4O2/c1-2-5-10-11(13(20)21)12(15)19(18-10)14-16-8-6-3-4-7-9(8)17-14/h3-4,6-7H,2,5H2,1H3,(H,16,17)(H,20,21). The fourth-order valence-electron chi connectivity index (χ4n) is 2.24. The largest absolute Gasteiger partial charge is 0.478 e. The first-order valence-electron chi connectivity index (χ1n) is 6.57. The number of para-hydroxylation sites is 2. The second-order valence-electron chi connectivity index (χ2n) is 4.66. The number of aromatic amines is 1. The molecule has 21 heavy (non-hydrogen) atoms. The number of fused-ring (bicyclic) bond motifs is 1. The van der Waals surface area contributed by atoms with E-state index < -0.39 is 5.97 Å². The molecule has 2 aromatic heterocycles. The van der Waals surface area contributed by atoms with E-state index in [1.807, 2.05) is 31.2 Å². The number of rotatable bonds is 4. The summed E-state index contributed by atoms with van der Waals surface area (Å²) < 4.78 is 1.34. The zero-order valence-electron chi connectivity index (χ0n) is 11.3. The van der Waals surface area contributed by atoms with Crippen molar-refractivity contribution in [2.24, 2.45) is 0 Å². The number of carboxylic acids is 1. The molecule has 7 heteroatoms. The topological polar surface area (TPSA) is 83.8 Å². The third-order valence-electron chi connectivity index (χ3n) is 3.18. The van der Waals surface area contributed by atoms with Gasteiger partial charge in [0, 0.05) is 0 Å². The zero-order valence-corrected chi connectivity index (χ0v) is 12.1. The Kier molecular flexibility index (Phi) is 3.39. The summed E-state index contributed by atoms with van der Waals surface area (Å²) in [6.45, 7) is 1.96. The van der Waals surface area contributed by atoms with Gasteiger partial charge in [0.25, 0.3) is 0 Å². The third kappa shape index (κ3) is 2.27. The molecule has 0 fully saturated rings. The quantitative estimate of drug-likeness (QED) is 0.776. The van der Waals surface area contributed by atoms with Gasteiger partial charge < -0.3 is 10.1 Å². The predicted octanol–water partition coefficient (Wildman–Crippen LogP) is 3.05. The van der Waals surface area contributed by atoms with Gasteiger partial charge >= 0.3 is 5.97 Å². The van der Waals surface area contributed by atoms with Gasteiger partial charge in [0.2, 0.25) is 5.95 Å². The average molecular weight is 305 g/mol. The molecule has 2 heterocycles. The highest BCUT2D eigenvalue weighted by atomic mass is 35.5. The van der Waals surface area contributed by atoms with Gasteiger partial charge in [-0.15, -0.1) is 0 Å². The first-order valence-corrected chi connectivity index (χ1v) is 6.95. The Morgan fingerprint density at radius 2 is 2.19 bits per heavy atom. The van der Waals surface area contributed by atoms with E-state index in [1.165, 1.54) is 4.68 Å². The molecule has 0 aliphatic carbocycles. The Hall–Kier alpha value is -2.34. The normalized spacial score (nSPS) is 11.1. The van der Waals surface area contributed by atoms with Gasteiger partial charge in [-0.2, -0.15) is 9.78 Å². The van der Waals surface area contributed by atoms with Crippen LogP contribution in [0.3, 0.4) is 0 Å². The molecule has 0 spiro atoms. The summed E-state index contributed by atoms with van der Waals surface area (Å²) in [5.74, 6) is -0.670. The van der Waals surface area contributed by atoms with Crippen LogP contribution < -0.4 is 0 Å². The van der Waals surface area contributed by atoms with Crippen molar-refractivity contribution in [3.63, 3.8) is 0 Å². The monoisotopic (exact) mass is 304 g/mol. The summed E-state index contributed by atoms with van der Waals surface area (Å²) in [4.78, 5) is 18.8. The number of nitrogens with one attached hydrogen (secondary N) is 1. The zero-order chi connectivity index (χ0) is 15.0. The van der Waals surface area contributed by atoms with Gasteiger partial charge in [0.1, 0.15) is 5.56 Å². The van der Waals surface area contributed by atoms with Crippen LogP contribution in [0.15, 0.2) is 24.3 Å². The molecule has 0 unspecified atom stereocenters. The lowest BCUT2D eigenvalue weighted by atomic mass is 10.2. The number of imidazole rings is 1. The van der Waals surface area contributed by atoms with Gasteiger partial charge in [-0.25, -0.2) is 9.78 Å². The van der Waals surface area contributed by atoms with Crippen LogP contribution in [0.4, 0.5) is 0 Å². The molecular formula is C14H13ClN4O2. The van der Waals surface area contributed by atoms with E-state index in [0.717, 1.165) is 17.5 Å². The molecule has 1 aromatic carbocycles. The number of aromatic nitrogens is 4. The van der Waals surface area contributed by atoms with E-state index in [4.69, 9.17) is 11.6 Å². The van der Waals surface area contributed by atoms with Crippen molar-refractivity contribution in [3.8, 4) is 5.95 Å². The smallest absolute Gasteiger partial charge is 0.340 e. The molecule has 0 saturated heterocycles. The Morgan fingerprint density at radius 3 is 2.86 bits per heavy atom. The van der Waals surface area contributed by atoms with Crippen LogP contribution in [0.25, 0.3) is 17.0 Å². The summed E-state index contributed by atoms with van der Waals surface area (Å²) in [7, 11) is 0. The maximum Gasteiger partial charge on any atom is 0.340 e. The van der Waals surface area contributed by atoms with Crippen molar-refractivity contribution < 1.29 is 9.90 Å². The number of hydrogen-bond acceptors (Lipinski definition) is 3. The summed E-state index contributed by atoms with van der Waals surface area (Å²) >= 11 is 6.18. The number of carboxylic acid groups (broad SMARTS) is 1. The molecule has 0 aliphatic rings. The number of benzene rings is 1. The number of halogens is 1. The number of carbonyl (C=O) groups is 1. The minimum atomic E-state index is -1.08. The van der Waals surface area contributed by atoms with E-state index in [1.54, 1.807) is 0 Å². The fourth-order valence-corrected chi connectivity index (χ4v) is 2.55. The van der Waals surface area contributed by atoms with Crippen LogP contribution in [0.2, 0.25) is 5.15 Å². The van der Waals surface area contributed by atoms with Crippen LogP contribution >= 0.6 is 11.6 Å². The van der Waals surface area contributed by atoms with E-state index in [9.17, 15) is 9.90 Å². The molecule has 6 nitrogen and oxygen atoms in total. The highest BCUT2D eigenvalue weighted by Crippen LogP contribution is 2.24. The maximum absolute atomic E-state index is 11.4. The van der Waals surface area contributed by atoms with E-state index >= 15 is 0 Å². The van der Waals surface area contributed by atoms with Crippen LogP contribution in [-0.2, 0) is 6.42 Å². The lowest BCUT2D eigenvalue weighted by Gasteiger charge is -1.96. The SMILES string of the molecule is CCCc1nn(-c2nc3ccccc3[nH]2)c(Cl)c1C(=O)O. The second-order valence-corrected chi connectivity index (χ2v) is 5.02.